The highest BCUT2D eigenvalue weighted by Gasteiger charge is 2.68. The third kappa shape index (κ3) is 2.16. The lowest BCUT2D eigenvalue weighted by Gasteiger charge is -2.08. The average molecular weight is 378 g/mol. The quantitative estimate of drug-likeness (QED) is 0.752. The van der Waals surface area contributed by atoms with Crippen molar-refractivity contribution in [3.8, 4) is 0 Å². The number of halogens is 2. The highest BCUT2D eigenvalue weighted by molar-refractivity contribution is 14.1. The number of amides is 1. The number of hydrogen-bond donors (Lipinski definition) is 1. The maximum absolute atomic E-state index is 12.3. The van der Waals surface area contributed by atoms with Crippen LogP contribution in [0.5, 0.6) is 0 Å². The van der Waals surface area contributed by atoms with E-state index in [2.05, 4.69) is 55.6 Å². The summed E-state index contributed by atoms with van der Waals surface area (Å²) in [6.07, 6.45) is 0. The summed E-state index contributed by atoms with van der Waals surface area (Å²) in [5.74, 6) is 0.168. The first-order valence-electron chi connectivity index (χ1n) is 5.94. The third-order valence-electron chi connectivity index (χ3n) is 4.47. The molecular weight excluding hydrogens is 361 g/mol. The van der Waals surface area contributed by atoms with Gasteiger partial charge in [-0.05, 0) is 51.6 Å². The minimum Gasteiger partial charge on any atom is -0.325 e. The van der Waals surface area contributed by atoms with E-state index in [-0.39, 0.29) is 22.7 Å². The van der Waals surface area contributed by atoms with Crippen molar-refractivity contribution in [2.75, 3.05) is 5.32 Å². The summed E-state index contributed by atoms with van der Waals surface area (Å²) in [5.41, 5.74) is 0.965. The molecule has 1 aromatic rings. The molecule has 1 amide bonds. The molecule has 0 aromatic heterocycles. The molecule has 1 N–H and O–H groups in total. The largest absolute Gasteiger partial charge is 0.325 e. The Morgan fingerprint density at radius 1 is 1.28 bits per heavy atom. The summed E-state index contributed by atoms with van der Waals surface area (Å²) in [7, 11) is 0. The van der Waals surface area contributed by atoms with Crippen molar-refractivity contribution >= 4 is 45.8 Å². The molecule has 1 aliphatic carbocycles. The third-order valence-corrected chi connectivity index (χ3v) is 5.60. The lowest BCUT2D eigenvalue weighted by atomic mass is 10.0. The van der Waals surface area contributed by atoms with E-state index in [0.717, 1.165) is 9.26 Å². The highest BCUT2D eigenvalue weighted by Crippen LogP contribution is 2.68. The fourth-order valence-corrected chi connectivity index (χ4v) is 3.65. The van der Waals surface area contributed by atoms with Crippen LogP contribution in [-0.4, -0.2) is 5.91 Å². The predicted octanol–water partition coefficient (Wildman–Crippen LogP) is 4.57. The number of carbonyl (C=O) groups excluding carboxylic acids is 1. The molecule has 0 saturated heterocycles. The molecule has 0 radical (unpaired) electrons. The normalized spacial score (nSPS) is 20.6. The van der Waals surface area contributed by atoms with E-state index in [4.69, 9.17) is 11.6 Å². The van der Waals surface area contributed by atoms with E-state index in [9.17, 15) is 4.79 Å². The van der Waals surface area contributed by atoms with Crippen LogP contribution in [0.25, 0.3) is 0 Å². The number of carbonyl (C=O) groups is 1. The van der Waals surface area contributed by atoms with Crippen molar-refractivity contribution in [3.05, 3.63) is 26.8 Å². The second-order valence-corrected chi connectivity index (χ2v) is 7.59. The highest BCUT2D eigenvalue weighted by atomic mass is 127. The maximum Gasteiger partial charge on any atom is 0.228 e. The van der Waals surface area contributed by atoms with E-state index in [0.29, 0.717) is 5.02 Å². The zero-order chi connectivity index (χ0) is 13.7. The molecule has 98 valence electrons. The molecule has 4 heteroatoms. The number of hydrogen-bond acceptors (Lipinski definition) is 1. The molecule has 2 rings (SSSR count). The summed E-state index contributed by atoms with van der Waals surface area (Å²) in [6.45, 7) is 8.57. The van der Waals surface area contributed by atoms with Crippen LogP contribution in [0, 0.1) is 20.3 Å². The lowest BCUT2D eigenvalue weighted by molar-refractivity contribution is -0.118. The standard InChI is InChI=1S/C14H17ClINO/c1-13(2)11(14(13,3)4)12(18)17-10-6-5-8(15)7-9(10)16/h5-7,11H,1-4H3,(H,17,18). The summed E-state index contributed by atoms with van der Waals surface area (Å²) in [6, 6.07) is 5.49. The second kappa shape index (κ2) is 4.37. The van der Waals surface area contributed by atoms with Crippen LogP contribution in [0.15, 0.2) is 18.2 Å². The van der Waals surface area contributed by atoms with Gasteiger partial charge in [0.1, 0.15) is 0 Å². The first-order valence-corrected chi connectivity index (χ1v) is 7.39. The van der Waals surface area contributed by atoms with Crippen LogP contribution in [0.1, 0.15) is 27.7 Å². The number of rotatable bonds is 2. The fourth-order valence-electron chi connectivity index (χ4n) is 2.65. The smallest absolute Gasteiger partial charge is 0.228 e. The molecule has 0 atom stereocenters. The van der Waals surface area contributed by atoms with Crippen molar-refractivity contribution in [3.63, 3.8) is 0 Å². The number of benzene rings is 1. The SMILES string of the molecule is CC1(C)C(C(=O)Nc2ccc(Cl)cc2I)C1(C)C. The molecular formula is C14H17ClINO. The molecule has 0 bridgehead atoms. The Morgan fingerprint density at radius 3 is 2.28 bits per heavy atom. The van der Waals surface area contributed by atoms with Gasteiger partial charge in [0.05, 0.1) is 5.69 Å². The van der Waals surface area contributed by atoms with E-state index >= 15 is 0 Å². The topological polar surface area (TPSA) is 29.1 Å². The molecule has 2 nitrogen and oxygen atoms in total. The molecule has 18 heavy (non-hydrogen) atoms. The Labute approximate surface area is 127 Å². The second-order valence-electron chi connectivity index (χ2n) is 5.99. The van der Waals surface area contributed by atoms with Gasteiger partial charge >= 0.3 is 0 Å². The van der Waals surface area contributed by atoms with Crippen molar-refractivity contribution in [2.45, 2.75) is 27.7 Å². The van der Waals surface area contributed by atoms with E-state index in [1.54, 1.807) is 6.07 Å². The molecule has 0 unspecified atom stereocenters. The average Bonchev–Trinajstić information content (AvgIpc) is 2.62. The molecule has 0 heterocycles. The van der Waals surface area contributed by atoms with Gasteiger partial charge in [-0.2, -0.15) is 0 Å². The van der Waals surface area contributed by atoms with Crippen molar-refractivity contribution in [2.24, 2.45) is 16.7 Å². The van der Waals surface area contributed by atoms with Gasteiger partial charge < -0.3 is 5.32 Å². The van der Waals surface area contributed by atoms with Gasteiger partial charge in [-0.1, -0.05) is 39.3 Å². The fraction of sp³-hybridized carbons (Fsp3) is 0.500. The van der Waals surface area contributed by atoms with Gasteiger partial charge in [-0.25, -0.2) is 0 Å². The van der Waals surface area contributed by atoms with Crippen molar-refractivity contribution in [1.29, 1.82) is 0 Å². The van der Waals surface area contributed by atoms with Gasteiger partial charge in [0.15, 0.2) is 0 Å². The number of anilines is 1. The summed E-state index contributed by atoms with van der Waals surface area (Å²) in [4.78, 5) is 12.3. The Hall–Kier alpha value is -0.290. The summed E-state index contributed by atoms with van der Waals surface area (Å²) in [5, 5.41) is 3.69. The Kier molecular flexibility index (Phi) is 3.43. The van der Waals surface area contributed by atoms with E-state index < -0.39 is 0 Å². The van der Waals surface area contributed by atoms with Crippen LogP contribution < -0.4 is 5.32 Å². The Balaban J connectivity index is 2.14. The van der Waals surface area contributed by atoms with Crippen molar-refractivity contribution < 1.29 is 4.79 Å². The van der Waals surface area contributed by atoms with Gasteiger partial charge in [0, 0.05) is 14.5 Å². The number of nitrogens with one attached hydrogen (secondary N) is 1. The monoisotopic (exact) mass is 377 g/mol. The minimum atomic E-state index is 0.0644. The molecule has 0 spiro atoms. The van der Waals surface area contributed by atoms with Crippen LogP contribution >= 0.6 is 34.2 Å². The van der Waals surface area contributed by atoms with E-state index in [1.165, 1.54) is 0 Å². The Bertz CT molecular complexity index is 497. The van der Waals surface area contributed by atoms with Crippen LogP contribution in [0.2, 0.25) is 5.02 Å². The van der Waals surface area contributed by atoms with Gasteiger partial charge in [0.25, 0.3) is 0 Å². The Morgan fingerprint density at radius 2 is 1.83 bits per heavy atom. The van der Waals surface area contributed by atoms with Crippen LogP contribution in [-0.2, 0) is 4.79 Å². The lowest BCUT2D eigenvalue weighted by Crippen LogP contribution is -2.18. The predicted molar refractivity (Wildman–Crippen MR) is 83.9 cm³/mol. The van der Waals surface area contributed by atoms with Crippen LogP contribution in [0.4, 0.5) is 5.69 Å². The van der Waals surface area contributed by atoms with Crippen LogP contribution in [0.3, 0.4) is 0 Å². The summed E-state index contributed by atoms with van der Waals surface area (Å²) >= 11 is 8.08. The molecule has 0 aliphatic heterocycles. The van der Waals surface area contributed by atoms with Gasteiger partial charge in [0.2, 0.25) is 5.91 Å². The first kappa shape index (κ1) is 14.1. The first-order chi connectivity index (χ1) is 8.18. The maximum atomic E-state index is 12.3. The van der Waals surface area contributed by atoms with E-state index in [1.807, 2.05) is 12.1 Å². The molecule has 1 aliphatic rings. The zero-order valence-corrected chi connectivity index (χ0v) is 13.9. The molecule has 1 fully saturated rings. The molecule has 1 saturated carbocycles. The zero-order valence-electron chi connectivity index (χ0n) is 11.0. The van der Waals surface area contributed by atoms with Crippen molar-refractivity contribution in [1.82, 2.24) is 0 Å². The summed E-state index contributed by atoms with van der Waals surface area (Å²) < 4.78 is 0.963. The molecule has 1 aromatic carbocycles. The minimum absolute atomic E-state index is 0.0644. The van der Waals surface area contributed by atoms with Gasteiger partial charge in [-0.3, -0.25) is 4.79 Å². The van der Waals surface area contributed by atoms with Gasteiger partial charge in [-0.15, -0.1) is 0 Å².